The molecule has 0 aliphatic carbocycles. The van der Waals surface area contributed by atoms with Crippen LogP contribution in [0.1, 0.15) is 22.2 Å². The van der Waals surface area contributed by atoms with Gasteiger partial charge in [-0.1, -0.05) is 0 Å². The molecule has 0 aliphatic heterocycles. The fraction of sp³-hybridized carbons (Fsp3) is 0.357. The molecule has 0 amide bonds. The molecule has 2 heterocycles. The van der Waals surface area contributed by atoms with E-state index >= 15 is 0 Å². The number of hydrogen-bond acceptors (Lipinski definition) is 5. The average Bonchev–Trinajstić information content (AvgIpc) is 2.77. The molecule has 2 aromatic heterocycles. The first kappa shape index (κ1) is 14.5. The Hall–Kier alpha value is -1.95. The van der Waals surface area contributed by atoms with Gasteiger partial charge in [0.15, 0.2) is 0 Å². The molecule has 0 aromatic carbocycles. The van der Waals surface area contributed by atoms with Crippen LogP contribution < -0.4 is 5.32 Å². The number of thiophene rings is 1. The van der Waals surface area contributed by atoms with Gasteiger partial charge in [0, 0.05) is 28.3 Å². The van der Waals surface area contributed by atoms with Gasteiger partial charge in [0.1, 0.15) is 12.0 Å². The summed E-state index contributed by atoms with van der Waals surface area (Å²) in [6.07, 6.45) is 2.20. The van der Waals surface area contributed by atoms with E-state index in [0.717, 1.165) is 12.0 Å². The van der Waals surface area contributed by atoms with Gasteiger partial charge in [-0.25, -0.2) is 4.98 Å². The molecule has 1 atom stereocenters. The molecule has 2 aromatic rings. The second kappa shape index (κ2) is 6.00. The summed E-state index contributed by atoms with van der Waals surface area (Å²) in [6, 6.07) is 6.01. The normalized spacial score (nSPS) is 12.2. The lowest BCUT2D eigenvalue weighted by Crippen LogP contribution is -2.19. The van der Waals surface area contributed by atoms with Crippen molar-refractivity contribution < 1.29 is 4.92 Å². The molecule has 106 valence electrons. The zero-order valence-corrected chi connectivity index (χ0v) is 12.5. The Morgan fingerprint density at radius 2 is 2.20 bits per heavy atom. The third-order valence-corrected chi connectivity index (χ3v) is 3.98. The lowest BCUT2D eigenvalue weighted by Gasteiger charge is -2.15. The molecular weight excluding hydrogens is 274 g/mol. The highest BCUT2D eigenvalue weighted by molar-refractivity contribution is 7.11. The van der Waals surface area contributed by atoms with E-state index < -0.39 is 4.92 Å². The maximum atomic E-state index is 10.7. The predicted octanol–water partition coefficient (Wildman–Crippen LogP) is 3.71. The minimum Gasteiger partial charge on any atom is -0.367 e. The van der Waals surface area contributed by atoms with Crippen LogP contribution in [0.4, 0.5) is 11.5 Å². The quantitative estimate of drug-likeness (QED) is 0.673. The van der Waals surface area contributed by atoms with Gasteiger partial charge in [0.2, 0.25) is 0 Å². The van der Waals surface area contributed by atoms with Crippen molar-refractivity contribution in [3.63, 3.8) is 0 Å². The Labute approximate surface area is 121 Å². The van der Waals surface area contributed by atoms with Gasteiger partial charge in [0.05, 0.1) is 4.92 Å². The van der Waals surface area contributed by atoms with Gasteiger partial charge in [-0.2, -0.15) is 0 Å². The summed E-state index contributed by atoms with van der Waals surface area (Å²) in [5.74, 6) is 0.705. The van der Waals surface area contributed by atoms with Crippen LogP contribution in [0.3, 0.4) is 0 Å². The van der Waals surface area contributed by atoms with Gasteiger partial charge in [0.25, 0.3) is 5.69 Å². The molecule has 1 N–H and O–H groups in total. The zero-order chi connectivity index (χ0) is 14.7. The van der Waals surface area contributed by atoms with Gasteiger partial charge in [-0.05, 0) is 38.5 Å². The van der Waals surface area contributed by atoms with E-state index in [1.54, 1.807) is 11.3 Å². The Balaban J connectivity index is 2.04. The first-order chi connectivity index (χ1) is 9.45. The van der Waals surface area contributed by atoms with Crippen molar-refractivity contribution in [2.24, 2.45) is 0 Å². The van der Waals surface area contributed by atoms with Crippen molar-refractivity contribution in [3.8, 4) is 0 Å². The van der Waals surface area contributed by atoms with Crippen LogP contribution in [0.2, 0.25) is 0 Å². The molecule has 0 saturated heterocycles. The van der Waals surface area contributed by atoms with E-state index in [0.29, 0.717) is 5.82 Å². The highest BCUT2D eigenvalue weighted by Crippen LogP contribution is 2.21. The predicted molar refractivity (Wildman–Crippen MR) is 81.5 cm³/mol. The largest absolute Gasteiger partial charge is 0.367 e. The number of aryl methyl sites for hydroxylation is 2. The lowest BCUT2D eigenvalue weighted by molar-refractivity contribution is -0.385. The molecule has 1 unspecified atom stereocenters. The summed E-state index contributed by atoms with van der Waals surface area (Å²) >= 11 is 1.79. The highest BCUT2D eigenvalue weighted by Gasteiger charge is 2.12. The molecule has 5 nitrogen and oxygen atoms in total. The second-order valence-corrected chi connectivity index (χ2v) is 6.25. The van der Waals surface area contributed by atoms with E-state index in [1.165, 1.54) is 22.0 Å². The third kappa shape index (κ3) is 3.54. The molecule has 0 radical (unpaired) electrons. The van der Waals surface area contributed by atoms with Crippen LogP contribution >= 0.6 is 11.3 Å². The van der Waals surface area contributed by atoms with E-state index in [4.69, 9.17) is 0 Å². The van der Waals surface area contributed by atoms with E-state index in [9.17, 15) is 10.1 Å². The monoisotopic (exact) mass is 291 g/mol. The first-order valence-electron chi connectivity index (χ1n) is 6.38. The summed E-state index contributed by atoms with van der Waals surface area (Å²) in [6.45, 7) is 6.00. The van der Waals surface area contributed by atoms with E-state index in [1.807, 2.05) is 6.92 Å². The molecule has 2 rings (SSSR count). The molecule has 0 aliphatic rings. The summed E-state index contributed by atoms with van der Waals surface area (Å²) in [4.78, 5) is 17.0. The van der Waals surface area contributed by atoms with E-state index in [2.05, 4.69) is 36.3 Å². The SMILES string of the molecule is Cc1ccc(CC(C)Nc2ncc([N+](=O)[O-])cc2C)s1. The Morgan fingerprint density at radius 1 is 1.45 bits per heavy atom. The Kier molecular flexibility index (Phi) is 4.34. The smallest absolute Gasteiger partial charge is 0.287 e. The van der Waals surface area contributed by atoms with Crippen LogP contribution in [0.25, 0.3) is 0 Å². The van der Waals surface area contributed by atoms with Crippen molar-refractivity contribution in [2.45, 2.75) is 33.2 Å². The number of hydrogen-bond donors (Lipinski definition) is 1. The van der Waals surface area contributed by atoms with Crippen molar-refractivity contribution in [1.82, 2.24) is 4.98 Å². The fourth-order valence-corrected chi connectivity index (χ4v) is 3.01. The Morgan fingerprint density at radius 3 is 2.75 bits per heavy atom. The van der Waals surface area contributed by atoms with Crippen molar-refractivity contribution >= 4 is 22.8 Å². The minimum absolute atomic E-state index is 0.0228. The second-order valence-electron chi connectivity index (χ2n) is 4.88. The molecule has 0 spiro atoms. The van der Waals surface area contributed by atoms with Crippen molar-refractivity contribution in [2.75, 3.05) is 5.32 Å². The van der Waals surface area contributed by atoms with Crippen LogP contribution in [-0.4, -0.2) is 15.9 Å². The van der Waals surface area contributed by atoms with E-state index in [-0.39, 0.29) is 11.7 Å². The minimum atomic E-state index is -0.429. The van der Waals surface area contributed by atoms with Gasteiger partial charge in [-0.3, -0.25) is 10.1 Å². The summed E-state index contributed by atoms with van der Waals surface area (Å²) in [5, 5.41) is 14.0. The average molecular weight is 291 g/mol. The molecular formula is C14H17N3O2S. The van der Waals surface area contributed by atoms with Gasteiger partial charge >= 0.3 is 0 Å². The first-order valence-corrected chi connectivity index (χ1v) is 7.20. The number of rotatable bonds is 5. The maximum Gasteiger partial charge on any atom is 0.287 e. The number of anilines is 1. The highest BCUT2D eigenvalue weighted by atomic mass is 32.1. The zero-order valence-electron chi connectivity index (χ0n) is 11.7. The van der Waals surface area contributed by atoms with Crippen molar-refractivity contribution in [1.29, 1.82) is 0 Å². The van der Waals surface area contributed by atoms with Crippen LogP contribution in [0.15, 0.2) is 24.4 Å². The third-order valence-electron chi connectivity index (χ3n) is 2.96. The molecule has 0 saturated carbocycles. The molecule has 0 bridgehead atoms. The number of nitrogens with one attached hydrogen (secondary N) is 1. The fourth-order valence-electron chi connectivity index (χ4n) is 1.99. The topological polar surface area (TPSA) is 68.1 Å². The maximum absolute atomic E-state index is 10.7. The van der Waals surface area contributed by atoms with Crippen LogP contribution in [0.5, 0.6) is 0 Å². The van der Waals surface area contributed by atoms with Crippen LogP contribution in [-0.2, 0) is 6.42 Å². The number of pyridine rings is 1. The summed E-state index contributed by atoms with van der Waals surface area (Å²) in [5.41, 5.74) is 0.808. The van der Waals surface area contributed by atoms with Gasteiger partial charge in [-0.15, -0.1) is 11.3 Å². The summed E-state index contributed by atoms with van der Waals surface area (Å²) in [7, 11) is 0. The number of nitrogens with zero attached hydrogens (tertiary/aromatic N) is 2. The number of nitro groups is 1. The molecule has 0 fully saturated rings. The molecule has 6 heteroatoms. The van der Waals surface area contributed by atoms with Gasteiger partial charge < -0.3 is 5.32 Å². The Bertz CT molecular complexity index is 625. The number of aromatic nitrogens is 1. The lowest BCUT2D eigenvalue weighted by atomic mass is 10.2. The standard InChI is InChI=1S/C14H17N3O2S/c1-9-6-12(17(18)19)8-15-14(9)16-10(2)7-13-5-4-11(3)20-13/h4-6,8,10H,7H2,1-3H3,(H,15,16). The summed E-state index contributed by atoms with van der Waals surface area (Å²) < 4.78 is 0. The molecule has 20 heavy (non-hydrogen) atoms. The van der Waals surface area contributed by atoms with Crippen molar-refractivity contribution in [3.05, 3.63) is 49.8 Å². The van der Waals surface area contributed by atoms with Crippen LogP contribution in [0, 0.1) is 24.0 Å².